The van der Waals surface area contributed by atoms with Gasteiger partial charge in [-0.2, -0.15) is 0 Å². The molecule has 1 atom stereocenters. The van der Waals surface area contributed by atoms with Crippen molar-refractivity contribution < 1.29 is 9.15 Å². The summed E-state index contributed by atoms with van der Waals surface area (Å²) in [4.78, 5) is 0. The molecule has 1 N–H and O–H groups in total. The normalized spacial score (nSPS) is 21.7. The van der Waals surface area contributed by atoms with E-state index in [0.717, 1.165) is 26.1 Å². The van der Waals surface area contributed by atoms with E-state index in [4.69, 9.17) is 20.8 Å². The van der Waals surface area contributed by atoms with Crippen molar-refractivity contribution in [3.63, 3.8) is 0 Å². The molecule has 5 nitrogen and oxygen atoms in total. The van der Waals surface area contributed by atoms with Crippen LogP contribution in [0.2, 0.25) is 0 Å². The molecule has 0 bridgehead atoms. The minimum Gasteiger partial charge on any atom is -0.406 e. The van der Waals surface area contributed by atoms with E-state index in [1.165, 1.54) is 0 Å². The van der Waals surface area contributed by atoms with Gasteiger partial charge in [0.2, 0.25) is 5.89 Å². The summed E-state index contributed by atoms with van der Waals surface area (Å²) in [5.74, 6) is 0.444. The summed E-state index contributed by atoms with van der Waals surface area (Å²) in [7, 11) is 0. The van der Waals surface area contributed by atoms with Crippen LogP contribution in [0.4, 0.5) is 6.01 Å². The standard InChI is InChI=1S/C10H16ClN3O2/c1-7(11)8-13-14-9(16-8)12-10(2)3-5-15-6-4-10/h7H,3-6H2,1-2H3,(H,12,14). The van der Waals surface area contributed by atoms with Crippen molar-refractivity contribution in [1.82, 2.24) is 10.2 Å². The first kappa shape index (κ1) is 11.7. The first-order valence-electron chi connectivity index (χ1n) is 5.42. The van der Waals surface area contributed by atoms with Crippen LogP contribution in [-0.4, -0.2) is 29.0 Å². The minimum atomic E-state index is -0.259. The molecule has 1 fully saturated rings. The molecule has 16 heavy (non-hydrogen) atoms. The molecule has 0 saturated carbocycles. The molecular formula is C10H16ClN3O2. The summed E-state index contributed by atoms with van der Waals surface area (Å²) in [5.41, 5.74) is -0.0302. The number of anilines is 1. The smallest absolute Gasteiger partial charge is 0.315 e. The number of halogens is 1. The SMILES string of the molecule is CC(Cl)c1nnc(NC2(C)CCOCC2)o1. The van der Waals surface area contributed by atoms with Crippen molar-refractivity contribution in [2.24, 2.45) is 0 Å². The largest absolute Gasteiger partial charge is 0.406 e. The Morgan fingerprint density at radius 3 is 2.62 bits per heavy atom. The van der Waals surface area contributed by atoms with Gasteiger partial charge in [-0.1, -0.05) is 5.10 Å². The maximum Gasteiger partial charge on any atom is 0.315 e. The third-order valence-electron chi connectivity index (χ3n) is 2.79. The van der Waals surface area contributed by atoms with Gasteiger partial charge >= 0.3 is 6.01 Å². The Labute approximate surface area is 99.5 Å². The number of alkyl halides is 1. The van der Waals surface area contributed by atoms with Gasteiger partial charge in [0.05, 0.1) is 0 Å². The second-order valence-electron chi connectivity index (χ2n) is 4.36. The van der Waals surface area contributed by atoms with Crippen molar-refractivity contribution in [3.8, 4) is 0 Å². The molecule has 0 radical (unpaired) electrons. The number of nitrogens with one attached hydrogen (secondary N) is 1. The number of rotatable bonds is 3. The van der Waals surface area contributed by atoms with E-state index in [0.29, 0.717) is 11.9 Å². The molecule has 1 aromatic heterocycles. The van der Waals surface area contributed by atoms with Crippen LogP contribution in [0.5, 0.6) is 0 Å². The first-order chi connectivity index (χ1) is 7.59. The van der Waals surface area contributed by atoms with E-state index in [9.17, 15) is 0 Å². The van der Waals surface area contributed by atoms with E-state index in [-0.39, 0.29) is 10.9 Å². The van der Waals surface area contributed by atoms with E-state index in [1.807, 2.05) is 0 Å². The Bertz CT molecular complexity index is 348. The molecule has 0 amide bonds. The third-order valence-corrected chi connectivity index (χ3v) is 2.97. The summed E-state index contributed by atoms with van der Waals surface area (Å²) in [6.07, 6.45) is 1.86. The fourth-order valence-corrected chi connectivity index (χ4v) is 1.74. The average molecular weight is 246 g/mol. The van der Waals surface area contributed by atoms with Crippen molar-refractivity contribution in [3.05, 3.63) is 5.89 Å². The summed E-state index contributed by atoms with van der Waals surface area (Å²) in [6, 6.07) is 0.437. The zero-order valence-corrected chi connectivity index (χ0v) is 10.3. The lowest BCUT2D eigenvalue weighted by atomic mass is 9.93. The van der Waals surface area contributed by atoms with E-state index < -0.39 is 0 Å². The second kappa shape index (κ2) is 4.59. The zero-order chi connectivity index (χ0) is 11.6. The van der Waals surface area contributed by atoms with Gasteiger partial charge in [0.25, 0.3) is 0 Å². The van der Waals surface area contributed by atoms with Gasteiger partial charge in [-0.3, -0.25) is 0 Å². The highest BCUT2D eigenvalue weighted by molar-refractivity contribution is 6.20. The number of hydrogen-bond donors (Lipinski definition) is 1. The molecular weight excluding hydrogens is 230 g/mol. The van der Waals surface area contributed by atoms with Crippen molar-refractivity contribution >= 4 is 17.6 Å². The average Bonchev–Trinajstić information content (AvgIpc) is 2.66. The van der Waals surface area contributed by atoms with E-state index >= 15 is 0 Å². The molecule has 0 spiro atoms. The maximum absolute atomic E-state index is 5.85. The predicted octanol–water partition coefficient (Wildman–Crippen LogP) is 2.35. The fraction of sp³-hybridized carbons (Fsp3) is 0.800. The minimum absolute atomic E-state index is 0.0302. The van der Waals surface area contributed by atoms with Crippen LogP contribution in [0.3, 0.4) is 0 Å². The molecule has 1 saturated heterocycles. The number of hydrogen-bond acceptors (Lipinski definition) is 5. The van der Waals surface area contributed by atoms with Crippen molar-refractivity contribution in [2.75, 3.05) is 18.5 Å². The lowest BCUT2D eigenvalue weighted by Gasteiger charge is -2.33. The maximum atomic E-state index is 5.85. The number of ether oxygens (including phenoxy) is 1. The molecule has 1 unspecified atom stereocenters. The van der Waals surface area contributed by atoms with Crippen LogP contribution in [0.1, 0.15) is 38.0 Å². The van der Waals surface area contributed by atoms with Gasteiger partial charge in [-0.15, -0.1) is 16.7 Å². The molecule has 2 heterocycles. The van der Waals surface area contributed by atoms with Gasteiger partial charge in [0, 0.05) is 18.8 Å². The third kappa shape index (κ3) is 2.65. The lowest BCUT2D eigenvalue weighted by Crippen LogP contribution is -2.40. The van der Waals surface area contributed by atoms with Crippen molar-refractivity contribution in [2.45, 2.75) is 37.6 Å². The van der Waals surface area contributed by atoms with Crippen LogP contribution in [0, 0.1) is 0 Å². The van der Waals surface area contributed by atoms with E-state index in [2.05, 4.69) is 22.4 Å². The number of aromatic nitrogens is 2. The second-order valence-corrected chi connectivity index (χ2v) is 5.01. The Morgan fingerprint density at radius 1 is 1.38 bits per heavy atom. The Morgan fingerprint density at radius 2 is 2.06 bits per heavy atom. The van der Waals surface area contributed by atoms with Crippen LogP contribution in [-0.2, 0) is 4.74 Å². The highest BCUT2D eigenvalue weighted by Crippen LogP contribution is 2.26. The monoisotopic (exact) mass is 245 g/mol. The number of nitrogens with zero attached hydrogens (tertiary/aromatic N) is 2. The van der Waals surface area contributed by atoms with Crippen LogP contribution < -0.4 is 5.32 Å². The van der Waals surface area contributed by atoms with Crippen LogP contribution in [0.15, 0.2) is 4.42 Å². The van der Waals surface area contributed by atoms with Gasteiger partial charge in [-0.25, -0.2) is 0 Å². The van der Waals surface area contributed by atoms with Crippen LogP contribution in [0.25, 0.3) is 0 Å². The lowest BCUT2D eigenvalue weighted by molar-refractivity contribution is 0.0650. The van der Waals surface area contributed by atoms with E-state index in [1.54, 1.807) is 6.92 Å². The van der Waals surface area contributed by atoms with Crippen LogP contribution >= 0.6 is 11.6 Å². The zero-order valence-electron chi connectivity index (χ0n) is 9.49. The van der Waals surface area contributed by atoms with Gasteiger partial charge in [-0.05, 0) is 26.7 Å². The fourth-order valence-electron chi connectivity index (χ4n) is 1.65. The Kier molecular flexibility index (Phi) is 3.35. The summed E-state index contributed by atoms with van der Waals surface area (Å²) in [5, 5.41) is 10.8. The summed E-state index contributed by atoms with van der Waals surface area (Å²) < 4.78 is 10.7. The quantitative estimate of drug-likeness (QED) is 0.829. The highest BCUT2D eigenvalue weighted by atomic mass is 35.5. The van der Waals surface area contributed by atoms with Gasteiger partial charge in [0.15, 0.2) is 0 Å². The molecule has 1 aromatic rings. The van der Waals surface area contributed by atoms with Crippen molar-refractivity contribution in [1.29, 1.82) is 0 Å². The molecule has 1 aliphatic rings. The molecule has 6 heteroatoms. The molecule has 2 rings (SSSR count). The Hall–Kier alpha value is -0.810. The Balaban J connectivity index is 2.02. The summed E-state index contributed by atoms with van der Waals surface area (Å²) in [6.45, 7) is 5.45. The molecule has 0 aromatic carbocycles. The first-order valence-corrected chi connectivity index (χ1v) is 5.86. The topological polar surface area (TPSA) is 60.2 Å². The van der Waals surface area contributed by atoms with Gasteiger partial charge < -0.3 is 14.5 Å². The molecule has 0 aliphatic carbocycles. The predicted molar refractivity (Wildman–Crippen MR) is 60.6 cm³/mol. The highest BCUT2D eigenvalue weighted by Gasteiger charge is 2.29. The molecule has 90 valence electrons. The molecule has 1 aliphatic heterocycles. The van der Waals surface area contributed by atoms with Gasteiger partial charge in [0.1, 0.15) is 5.38 Å². The summed E-state index contributed by atoms with van der Waals surface area (Å²) >= 11 is 5.85.